The largest absolute Gasteiger partial charge is 0.477 e. The number of fused-ring (bicyclic) bond motifs is 2. The van der Waals surface area contributed by atoms with E-state index in [2.05, 4.69) is 40.5 Å². The maximum Gasteiger partial charge on any atom is 0.352 e. The van der Waals surface area contributed by atoms with Crippen LogP contribution in [0, 0.1) is 0 Å². The fourth-order valence-electron chi connectivity index (χ4n) is 3.53. The first-order valence-corrected chi connectivity index (χ1v) is 9.03. The highest BCUT2D eigenvalue weighted by atomic mass is 32.2. The van der Waals surface area contributed by atoms with Crippen molar-refractivity contribution < 1.29 is 9.90 Å². The summed E-state index contributed by atoms with van der Waals surface area (Å²) in [5.74, 6) is -0.836. The molecule has 0 radical (unpaired) electrons. The Bertz CT molecular complexity index is 787. The molecule has 5 nitrogen and oxygen atoms in total. The van der Waals surface area contributed by atoms with E-state index >= 15 is 0 Å². The predicted molar refractivity (Wildman–Crippen MR) is 94.1 cm³/mol. The molecule has 0 bridgehead atoms. The van der Waals surface area contributed by atoms with Gasteiger partial charge in [0.25, 0.3) is 0 Å². The third-order valence-electron chi connectivity index (χ3n) is 4.84. The molecule has 2 aliphatic rings. The normalized spacial score (nSPS) is 18.2. The topological polar surface area (TPSA) is 48.7 Å². The van der Waals surface area contributed by atoms with Crippen LogP contribution >= 0.6 is 11.9 Å². The molecule has 0 spiro atoms. The van der Waals surface area contributed by atoms with Crippen LogP contribution in [-0.2, 0) is 26.1 Å². The molecule has 0 unspecified atom stereocenters. The number of hydrogen-bond acceptors (Lipinski definition) is 4. The van der Waals surface area contributed by atoms with Crippen molar-refractivity contribution in [3.05, 3.63) is 52.8 Å². The molecule has 1 aromatic heterocycles. The highest BCUT2D eigenvalue weighted by molar-refractivity contribution is 7.97. The van der Waals surface area contributed by atoms with Crippen LogP contribution in [0.1, 0.15) is 27.3 Å². The summed E-state index contributed by atoms with van der Waals surface area (Å²) >= 11 is 1.71. The lowest BCUT2D eigenvalue weighted by atomic mass is 10.0. The molecular formula is C18H21N3O2S. The quantitative estimate of drug-likeness (QED) is 0.869. The molecule has 0 saturated heterocycles. The lowest BCUT2D eigenvalue weighted by Crippen LogP contribution is -2.32. The van der Waals surface area contributed by atoms with Crippen LogP contribution < -0.4 is 0 Å². The van der Waals surface area contributed by atoms with Crippen molar-refractivity contribution >= 4 is 17.9 Å². The maximum atomic E-state index is 11.6. The lowest BCUT2D eigenvalue weighted by Gasteiger charge is -2.29. The number of nitrogens with zero attached hydrogens (tertiary/aromatic N) is 3. The number of carbonyl (C=O) groups is 1. The average Bonchev–Trinajstić information content (AvgIpc) is 2.93. The zero-order chi connectivity index (χ0) is 16.7. The summed E-state index contributed by atoms with van der Waals surface area (Å²) in [6.45, 7) is 4.34. The van der Waals surface area contributed by atoms with Crippen LogP contribution in [0.5, 0.6) is 0 Å². The fraction of sp³-hybridized carbons (Fsp3) is 0.389. The summed E-state index contributed by atoms with van der Waals surface area (Å²) in [5.41, 5.74) is 4.35. The second-order valence-electron chi connectivity index (χ2n) is 6.51. The molecule has 2 aromatic rings. The third kappa shape index (κ3) is 2.85. The van der Waals surface area contributed by atoms with Crippen molar-refractivity contribution in [2.45, 2.75) is 31.0 Å². The van der Waals surface area contributed by atoms with Crippen LogP contribution in [0.25, 0.3) is 0 Å². The highest BCUT2D eigenvalue weighted by Gasteiger charge is 2.26. The van der Waals surface area contributed by atoms with Gasteiger partial charge in [0, 0.05) is 43.3 Å². The highest BCUT2D eigenvalue weighted by Crippen LogP contribution is 2.35. The van der Waals surface area contributed by atoms with E-state index in [9.17, 15) is 9.90 Å². The van der Waals surface area contributed by atoms with E-state index in [0.717, 1.165) is 49.7 Å². The minimum absolute atomic E-state index is 0.415. The Balaban J connectivity index is 1.60. The molecule has 0 saturated carbocycles. The van der Waals surface area contributed by atoms with Gasteiger partial charge in [0.05, 0.1) is 0 Å². The van der Waals surface area contributed by atoms with Crippen molar-refractivity contribution in [2.75, 3.05) is 20.1 Å². The standard InChI is InChI=1S/C18H21N3O2S/c1-19-8-9-21-15(18(22)23)10-17(16(21)12-19)24-20-7-6-13-4-2-3-5-14(13)11-20/h2-5,10H,6-9,11-12H2,1H3,(H,22,23). The zero-order valence-electron chi connectivity index (χ0n) is 13.7. The van der Waals surface area contributed by atoms with Crippen LogP contribution in [-0.4, -0.2) is 45.0 Å². The average molecular weight is 343 g/mol. The van der Waals surface area contributed by atoms with Gasteiger partial charge in [0.2, 0.25) is 0 Å². The van der Waals surface area contributed by atoms with E-state index in [-0.39, 0.29) is 0 Å². The van der Waals surface area contributed by atoms with Crippen molar-refractivity contribution in [2.24, 2.45) is 0 Å². The number of likely N-dealkylation sites (N-methyl/N-ethyl adjacent to an activating group) is 1. The number of benzene rings is 1. The van der Waals surface area contributed by atoms with Crippen LogP contribution in [0.3, 0.4) is 0 Å². The van der Waals surface area contributed by atoms with Crippen molar-refractivity contribution in [1.82, 2.24) is 13.8 Å². The molecular weight excluding hydrogens is 322 g/mol. The molecule has 0 atom stereocenters. The second kappa shape index (κ2) is 6.27. The summed E-state index contributed by atoms with van der Waals surface area (Å²) in [6, 6.07) is 10.4. The van der Waals surface area contributed by atoms with E-state index in [0.29, 0.717) is 5.69 Å². The molecule has 4 rings (SSSR count). The van der Waals surface area contributed by atoms with Gasteiger partial charge in [-0.1, -0.05) is 24.3 Å². The SMILES string of the molecule is CN1CCn2c(C(=O)O)cc(SN3CCc4ccccc4C3)c2C1. The molecule has 3 heterocycles. The van der Waals surface area contributed by atoms with Gasteiger partial charge < -0.3 is 9.67 Å². The smallest absolute Gasteiger partial charge is 0.352 e. The number of rotatable bonds is 3. The van der Waals surface area contributed by atoms with Crippen LogP contribution in [0.15, 0.2) is 35.2 Å². The number of aromatic carboxylic acids is 1. The van der Waals surface area contributed by atoms with Gasteiger partial charge in [-0.2, -0.15) is 0 Å². The summed E-state index contributed by atoms with van der Waals surface area (Å²) in [5, 5.41) is 9.50. The van der Waals surface area contributed by atoms with Gasteiger partial charge in [-0.15, -0.1) is 0 Å². The van der Waals surface area contributed by atoms with Gasteiger partial charge in [-0.25, -0.2) is 9.10 Å². The number of carboxylic acid groups (broad SMARTS) is 1. The van der Waals surface area contributed by atoms with Crippen LogP contribution in [0.2, 0.25) is 0 Å². The number of aromatic nitrogens is 1. The van der Waals surface area contributed by atoms with E-state index in [1.54, 1.807) is 11.9 Å². The van der Waals surface area contributed by atoms with Crippen molar-refractivity contribution in [3.8, 4) is 0 Å². The summed E-state index contributed by atoms with van der Waals surface area (Å²) in [7, 11) is 2.09. The molecule has 1 N–H and O–H groups in total. The first-order valence-electron chi connectivity index (χ1n) is 8.26. The zero-order valence-corrected chi connectivity index (χ0v) is 14.6. The monoisotopic (exact) mass is 343 g/mol. The van der Waals surface area contributed by atoms with Gasteiger partial charge in [0.1, 0.15) is 5.69 Å². The third-order valence-corrected chi connectivity index (χ3v) is 5.96. The summed E-state index contributed by atoms with van der Waals surface area (Å²) in [4.78, 5) is 14.9. The van der Waals surface area contributed by atoms with Gasteiger partial charge in [0.15, 0.2) is 0 Å². The minimum atomic E-state index is -0.836. The molecule has 1 aromatic carbocycles. The number of hydrogen-bond donors (Lipinski definition) is 1. The summed E-state index contributed by atoms with van der Waals surface area (Å²) in [6.07, 6.45) is 1.05. The molecule has 2 aliphatic heterocycles. The minimum Gasteiger partial charge on any atom is -0.477 e. The predicted octanol–water partition coefficient (Wildman–Crippen LogP) is 2.70. The van der Waals surface area contributed by atoms with E-state index < -0.39 is 5.97 Å². The molecule has 126 valence electrons. The maximum absolute atomic E-state index is 11.6. The first kappa shape index (κ1) is 15.7. The Morgan fingerprint density at radius 2 is 1.92 bits per heavy atom. The Labute approximate surface area is 146 Å². The Morgan fingerprint density at radius 1 is 1.12 bits per heavy atom. The van der Waals surface area contributed by atoms with E-state index in [1.165, 1.54) is 11.1 Å². The molecule has 6 heteroatoms. The number of carboxylic acids is 1. The molecule has 0 fully saturated rings. The van der Waals surface area contributed by atoms with Gasteiger partial charge >= 0.3 is 5.97 Å². The lowest BCUT2D eigenvalue weighted by molar-refractivity contribution is 0.0681. The van der Waals surface area contributed by atoms with Gasteiger partial charge in [-0.05, 0) is 42.6 Å². The molecule has 0 amide bonds. The van der Waals surface area contributed by atoms with E-state index in [4.69, 9.17) is 0 Å². The fourth-order valence-corrected chi connectivity index (χ4v) is 4.64. The Morgan fingerprint density at radius 3 is 2.71 bits per heavy atom. The molecule has 24 heavy (non-hydrogen) atoms. The Hall–Kier alpha value is -1.76. The summed E-state index contributed by atoms with van der Waals surface area (Å²) < 4.78 is 4.32. The van der Waals surface area contributed by atoms with Crippen LogP contribution in [0.4, 0.5) is 0 Å². The van der Waals surface area contributed by atoms with Crippen molar-refractivity contribution in [3.63, 3.8) is 0 Å². The van der Waals surface area contributed by atoms with E-state index in [1.807, 2.05) is 10.6 Å². The Kier molecular flexibility index (Phi) is 4.12. The van der Waals surface area contributed by atoms with Crippen molar-refractivity contribution in [1.29, 1.82) is 0 Å². The first-order chi connectivity index (χ1) is 11.6. The molecule has 0 aliphatic carbocycles. The second-order valence-corrected chi connectivity index (χ2v) is 7.65. The van der Waals surface area contributed by atoms with Gasteiger partial charge in [-0.3, -0.25) is 4.90 Å².